The lowest BCUT2D eigenvalue weighted by Gasteiger charge is -2.14. The van der Waals surface area contributed by atoms with E-state index in [1.807, 2.05) is 6.92 Å². The maximum atomic E-state index is 11.5. The fraction of sp³-hybridized carbons (Fsp3) is 0.900. The van der Waals surface area contributed by atoms with E-state index in [9.17, 15) is 4.79 Å². The highest BCUT2D eigenvalue weighted by Crippen LogP contribution is 2.29. The molecule has 70 valence electrons. The van der Waals surface area contributed by atoms with E-state index >= 15 is 0 Å². The standard InChI is InChI=1S/C10H19NO/c1-6(2)8(4)10(12)11-9-5-7(9)3/h6-9H,5H2,1-4H3,(H,11,12)/t7-,8?,9-/m1/s1. The zero-order valence-electron chi connectivity index (χ0n) is 8.42. The summed E-state index contributed by atoms with van der Waals surface area (Å²) in [4.78, 5) is 11.5. The predicted molar refractivity (Wildman–Crippen MR) is 49.7 cm³/mol. The van der Waals surface area contributed by atoms with Crippen molar-refractivity contribution in [3.8, 4) is 0 Å². The van der Waals surface area contributed by atoms with Crippen molar-refractivity contribution >= 4 is 5.91 Å². The second-order valence-corrected chi connectivity index (χ2v) is 4.36. The van der Waals surface area contributed by atoms with Crippen LogP contribution < -0.4 is 5.32 Å². The van der Waals surface area contributed by atoms with Gasteiger partial charge in [-0.15, -0.1) is 0 Å². The summed E-state index contributed by atoms with van der Waals surface area (Å²) in [6, 6.07) is 0.471. The van der Waals surface area contributed by atoms with Crippen LogP contribution in [0.3, 0.4) is 0 Å². The molecule has 1 rings (SSSR count). The zero-order valence-corrected chi connectivity index (χ0v) is 8.42. The van der Waals surface area contributed by atoms with Crippen molar-refractivity contribution in [3.63, 3.8) is 0 Å². The first-order chi connectivity index (χ1) is 5.52. The largest absolute Gasteiger partial charge is 0.353 e. The number of amides is 1. The average Bonchev–Trinajstić information content (AvgIpc) is 2.64. The van der Waals surface area contributed by atoms with E-state index in [1.54, 1.807) is 0 Å². The molecule has 0 spiro atoms. The third-order valence-electron chi connectivity index (χ3n) is 2.85. The third-order valence-corrected chi connectivity index (χ3v) is 2.85. The Morgan fingerprint density at radius 2 is 1.92 bits per heavy atom. The van der Waals surface area contributed by atoms with E-state index in [0.717, 1.165) is 6.42 Å². The SMILES string of the molecule is CC(C)C(C)C(=O)N[C@@H]1C[C@H]1C. The fourth-order valence-corrected chi connectivity index (χ4v) is 1.14. The highest BCUT2D eigenvalue weighted by molar-refractivity contribution is 5.79. The summed E-state index contributed by atoms with van der Waals surface area (Å²) in [6.45, 7) is 8.33. The lowest BCUT2D eigenvalue weighted by molar-refractivity contribution is -0.125. The van der Waals surface area contributed by atoms with Crippen LogP contribution >= 0.6 is 0 Å². The minimum absolute atomic E-state index is 0.151. The molecule has 0 heterocycles. The van der Waals surface area contributed by atoms with Gasteiger partial charge in [0.1, 0.15) is 0 Å². The molecule has 1 fully saturated rings. The molecular weight excluding hydrogens is 150 g/mol. The quantitative estimate of drug-likeness (QED) is 0.686. The molecule has 0 radical (unpaired) electrons. The molecule has 0 aromatic carbocycles. The first-order valence-electron chi connectivity index (χ1n) is 4.82. The first-order valence-corrected chi connectivity index (χ1v) is 4.82. The molecule has 1 unspecified atom stereocenters. The topological polar surface area (TPSA) is 29.1 Å². The molecule has 1 aliphatic carbocycles. The predicted octanol–water partition coefficient (Wildman–Crippen LogP) is 1.80. The number of nitrogens with one attached hydrogen (secondary N) is 1. The van der Waals surface area contributed by atoms with Crippen LogP contribution in [-0.2, 0) is 4.79 Å². The van der Waals surface area contributed by atoms with Crippen molar-refractivity contribution in [2.45, 2.75) is 40.2 Å². The van der Waals surface area contributed by atoms with E-state index < -0.39 is 0 Å². The number of carbonyl (C=O) groups is 1. The molecule has 0 bridgehead atoms. The lowest BCUT2D eigenvalue weighted by atomic mass is 9.97. The van der Waals surface area contributed by atoms with Gasteiger partial charge < -0.3 is 5.32 Å². The molecule has 1 aliphatic rings. The molecule has 0 aliphatic heterocycles. The van der Waals surface area contributed by atoms with Crippen LogP contribution in [0.1, 0.15) is 34.1 Å². The van der Waals surface area contributed by atoms with Crippen LogP contribution in [-0.4, -0.2) is 11.9 Å². The molecule has 1 amide bonds. The fourth-order valence-electron chi connectivity index (χ4n) is 1.14. The van der Waals surface area contributed by atoms with Crippen LogP contribution in [0.4, 0.5) is 0 Å². The normalized spacial score (nSPS) is 30.1. The van der Waals surface area contributed by atoms with Gasteiger partial charge in [0.15, 0.2) is 0 Å². The number of carbonyl (C=O) groups excluding carboxylic acids is 1. The number of hydrogen-bond acceptors (Lipinski definition) is 1. The zero-order chi connectivity index (χ0) is 9.30. The van der Waals surface area contributed by atoms with Crippen LogP contribution in [0.15, 0.2) is 0 Å². The Balaban J connectivity index is 2.28. The molecule has 2 nitrogen and oxygen atoms in total. The van der Waals surface area contributed by atoms with Crippen molar-refractivity contribution in [1.82, 2.24) is 5.32 Å². The number of hydrogen-bond donors (Lipinski definition) is 1. The van der Waals surface area contributed by atoms with E-state index in [0.29, 0.717) is 17.9 Å². The summed E-state index contributed by atoms with van der Waals surface area (Å²) in [5.74, 6) is 1.52. The van der Waals surface area contributed by atoms with Crippen molar-refractivity contribution in [3.05, 3.63) is 0 Å². The van der Waals surface area contributed by atoms with Gasteiger partial charge in [0.05, 0.1) is 0 Å². The van der Waals surface area contributed by atoms with Crippen molar-refractivity contribution in [2.24, 2.45) is 17.8 Å². The summed E-state index contributed by atoms with van der Waals surface area (Å²) >= 11 is 0. The Hall–Kier alpha value is -0.530. The van der Waals surface area contributed by atoms with Crippen LogP contribution in [0.2, 0.25) is 0 Å². The van der Waals surface area contributed by atoms with Crippen molar-refractivity contribution in [1.29, 1.82) is 0 Å². The Morgan fingerprint density at radius 1 is 1.42 bits per heavy atom. The molecule has 12 heavy (non-hydrogen) atoms. The molecule has 0 saturated heterocycles. The second kappa shape index (κ2) is 3.46. The van der Waals surface area contributed by atoms with Gasteiger partial charge in [-0.25, -0.2) is 0 Å². The second-order valence-electron chi connectivity index (χ2n) is 4.36. The van der Waals surface area contributed by atoms with Crippen molar-refractivity contribution in [2.75, 3.05) is 0 Å². The highest BCUT2D eigenvalue weighted by atomic mass is 16.2. The van der Waals surface area contributed by atoms with Gasteiger partial charge in [-0.05, 0) is 18.3 Å². The maximum Gasteiger partial charge on any atom is 0.223 e. The monoisotopic (exact) mass is 169 g/mol. The van der Waals surface area contributed by atoms with Crippen LogP contribution in [0, 0.1) is 17.8 Å². The summed E-state index contributed by atoms with van der Waals surface area (Å²) < 4.78 is 0. The Morgan fingerprint density at radius 3 is 2.25 bits per heavy atom. The van der Waals surface area contributed by atoms with E-state index in [2.05, 4.69) is 26.1 Å². The summed E-state index contributed by atoms with van der Waals surface area (Å²) in [5, 5.41) is 3.05. The Kier molecular flexibility index (Phi) is 2.76. The Bertz CT molecular complexity index is 177. The molecule has 2 heteroatoms. The minimum Gasteiger partial charge on any atom is -0.353 e. The van der Waals surface area contributed by atoms with Gasteiger partial charge >= 0.3 is 0 Å². The van der Waals surface area contributed by atoms with Gasteiger partial charge in [0, 0.05) is 12.0 Å². The van der Waals surface area contributed by atoms with E-state index in [1.165, 1.54) is 0 Å². The highest BCUT2D eigenvalue weighted by Gasteiger charge is 2.34. The van der Waals surface area contributed by atoms with E-state index in [-0.39, 0.29) is 11.8 Å². The van der Waals surface area contributed by atoms with Crippen LogP contribution in [0.5, 0.6) is 0 Å². The van der Waals surface area contributed by atoms with Gasteiger partial charge in [-0.3, -0.25) is 4.79 Å². The summed E-state index contributed by atoms with van der Waals surface area (Å²) in [7, 11) is 0. The Labute approximate surface area is 74.7 Å². The number of rotatable bonds is 3. The molecule has 3 atom stereocenters. The summed E-state index contributed by atoms with van der Waals surface area (Å²) in [5.41, 5.74) is 0. The molecule has 0 aromatic heterocycles. The van der Waals surface area contributed by atoms with E-state index in [4.69, 9.17) is 0 Å². The van der Waals surface area contributed by atoms with Gasteiger partial charge in [0.25, 0.3) is 0 Å². The smallest absolute Gasteiger partial charge is 0.223 e. The molecular formula is C10H19NO. The minimum atomic E-state index is 0.151. The molecule has 0 aromatic rings. The summed E-state index contributed by atoms with van der Waals surface area (Å²) in [6.07, 6.45) is 1.16. The molecule has 1 N–H and O–H groups in total. The van der Waals surface area contributed by atoms with Gasteiger partial charge in [0.2, 0.25) is 5.91 Å². The van der Waals surface area contributed by atoms with Gasteiger partial charge in [-0.2, -0.15) is 0 Å². The van der Waals surface area contributed by atoms with Gasteiger partial charge in [-0.1, -0.05) is 27.7 Å². The van der Waals surface area contributed by atoms with Crippen LogP contribution in [0.25, 0.3) is 0 Å². The maximum absolute atomic E-state index is 11.5. The third kappa shape index (κ3) is 2.23. The lowest BCUT2D eigenvalue weighted by Crippen LogP contribution is -2.33. The van der Waals surface area contributed by atoms with Crippen molar-refractivity contribution < 1.29 is 4.79 Å². The first kappa shape index (κ1) is 9.56. The average molecular weight is 169 g/mol. The molecule has 1 saturated carbocycles.